The van der Waals surface area contributed by atoms with Gasteiger partial charge >= 0.3 is 0 Å². The van der Waals surface area contributed by atoms with Gasteiger partial charge in [0, 0.05) is 55.3 Å². The molecule has 0 amide bonds. The van der Waals surface area contributed by atoms with E-state index in [2.05, 4.69) is 16.8 Å². The van der Waals surface area contributed by atoms with E-state index >= 15 is 0 Å². The zero-order valence-electron chi connectivity index (χ0n) is 11.9. The molecule has 0 bridgehead atoms. The molecule has 20 heavy (non-hydrogen) atoms. The first-order chi connectivity index (χ1) is 9.63. The van der Waals surface area contributed by atoms with Gasteiger partial charge in [0.05, 0.1) is 6.61 Å². The van der Waals surface area contributed by atoms with Crippen molar-refractivity contribution in [2.24, 2.45) is 11.7 Å². The normalized spacial score (nSPS) is 27.9. The number of benzene rings is 1. The molecule has 2 unspecified atom stereocenters. The Morgan fingerprint density at radius 2 is 2.05 bits per heavy atom. The van der Waals surface area contributed by atoms with E-state index in [9.17, 15) is 0 Å². The Morgan fingerprint density at radius 3 is 2.80 bits per heavy atom. The number of piperazine rings is 1. The van der Waals surface area contributed by atoms with Gasteiger partial charge in [-0.05, 0) is 25.2 Å². The third-order valence-corrected chi connectivity index (χ3v) is 4.62. The summed E-state index contributed by atoms with van der Waals surface area (Å²) in [5, 5.41) is 0.725. The van der Waals surface area contributed by atoms with Crippen molar-refractivity contribution >= 4 is 11.6 Å². The van der Waals surface area contributed by atoms with Gasteiger partial charge in [0.1, 0.15) is 5.75 Å². The SMILES string of the molecule is CN1CCN(CC2COc3ccc(Cl)cc3C2N)CC1. The fourth-order valence-electron chi connectivity index (χ4n) is 2.99. The molecule has 2 aliphatic heterocycles. The molecule has 3 rings (SSSR count). The summed E-state index contributed by atoms with van der Waals surface area (Å²) < 4.78 is 5.85. The summed E-state index contributed by atoms with van der Waals surface area (Å²) in [7, 11) is 2.17. The molecule has 2 atom stereocenters. The van der Waals surface area contributed by atoms with Gasteiger partial charge < -0.3 is 20.3 Å². The van der Waals surface area contributed by atoms with Crippen molar-refractivity contribution in [1.82, 2.24) is 9.80 Å². The molecular weight excluding hydrogens is 274 g/mol. The van der Waals surface area contributed by atoms with Crippen LogP contribution in [0.4, 0.5) is 0 Å². The lowest BCUT2D eigenvalue weighted by molar-refractivity contribution is 0.0997. The fraction of sp³-hybridized carbons (Fsp3) is 0.600. The van der Waals surface area contributed by atoms with Crippen LogP contribution < -0.4 is 10.5 Å². The van der Waals surface area contributed by atoms with E-state index in [1.54, 1.807) is 0 Å². The first-order valence-corrected chi connectivity index (χ1v) is 7.60. The summed E-state index contributed by atoms with van der Waals surface area (Å²) >= 11 is 6.07. The minimum atomic E-state index is 0.0112. The Hall–Kier alpha value is -0.810. The van der Waals surface area contributed by atoms with Crippen LogP contribution in [0.25, 0.3) is 0 Å². The Labute approximate surface area is 125 Å². The molecule has 0 aliphatic carbocycles. The number of hydrogen-bond donors (Lipinski definition) is 1. The summed E-state index contributed by atoms with van der Waals surface area (Å²) in [4.78, 5) is 4.85. The van der Waals surface area contributed by atoms with Crippen molar-refractivity contribution in [2.45, 2.75) is 6.04 Å². The largest absolute Gasteiger partial charge is 0.493 e. The van der Waals surface area contributed by atoms with Crippen LogP contribution in [-0.4, -0.2) is 56.2 Å². The summed E-state index contributed by atoms with van der Waals surface area (Å²) in [6, 6.07) is 5.73. The number of hydrogen-bond acceptors (Lipinski definition) is 4. The number of nitrogens with zero attached hydrogens (tertiary/aromatic N) is 2. The minimum absolute atomic E-state index is 0.0112. The Bertz CT molecular complexity index is 474. The average Bonchev–Trinajstić information content (AvgIpc) is 2.45. The highest BCUT2D eigenvalue weighted by Gasteiger charge is 2.30. The highest BCUT2D eigenvalue weighted by atomic mass is 35.5. The van der Waals surface area contributed by atoms with Crippen LogP contribution in [0.2, 0.25) is 5.02 Å². The van der Waals surface area contributed by atoms with E-state index in [0.717, 1.165) is 49.1 Å². The van der Waals surface area contributed by atoms with Crippen LogP contribution in [-0.2, 0) is 0 Å². The van der Waals surface area contributed by atoms with Gasteiger partial charge in [0.25, 0.3) is 0 Å². The van der Waals surface area contributed by atoms with Crippen LogP contribution in [0, 0.1) is 5.92 Å². The fourth-order valence-corrected chi connectivity index (χ4v) is 3.17. The lowest BCUT2D eigenvalue weighted by atomic mass is 9.91. The molecule has 5 heteroatoms. The first-order valence-electron chi connectivity index (χ1n) is 7.22. The van der Waals surface area contributed by atoms with E-state index in [1.165, 1.54) is 0 Å². The molecule has 0 aromatic heterocycles. The van der Waals surface area contributed by atoms with Crippen molar-refractivity contribution in [3.63, 3.8) is 0 Å². The first kappa shape index (κ1) is 14.1. The second-order valence-corrected chi connectivity index (χ2v) is 6.32. The summed E-state index contributed by atoms with van der Waals surface area (Å²) in [5.41, 5.74) is 7.47. The molecule has 1 fully saturated rings. The van der Waals surface area contributed by atoms with Crippen molar-refractivity contribution in [3.05, 3.63) is 28.8 Å². The van der Waals surface area contributed by atoms with Crippen molar-refractivity contribution < 1.29 is 4.74 Å². The van der Waals surface area contributed by atoms with Crippen LogP contribution in [0.5, 0.6) is 5.75 Å². The van der Waals surface area contributed by atoms with Crippen molar-refractivity contribution in [3.8, 4) is 5.75 Å². The molecule has 1 saturated heterocycles. The summed E-state index contributed by atoms with van der Waals surface area (Å²) in [5.74, 6) is 1.22. The number of rotatable bonds is 2. The molecule has 0 radical (unpaired) electrons. The van der Waals surface area contributed by atoms with Gasteiger partial charge in [-0.3, -0.25) is 0 Å². The highest BCUT2D eigenvalue weighted by molar-refractivity contribution is 6.30. The monoisotopic (exact) mass is 295 g/mol. The molecule has 2 aliphatic rings. The predicted octanol–water partition coefficient (Wildman–Crippen LogP) is 1.60. The standard InChI is InChI=1S/C15H22ClN3O/c1-18-4-6-19(7-5-18)9-11-10-20-14-3-2-12(16)8-13(14)15(11)17/h2-3,8,11,15H,4-7,9-10,17H2,1H3. The average molecular weight is 296 g/mol. The number of fused-ring (bicyclic) bond motifs is 1. The molecule has 1 aromatic carbocycles. The number of ether oxygens (including phenoxy) is 1. The van der Waals surface area contributed by atoms with E-state index in [0.29, 0.717) is 12.5 Å². The van der Waals surface area contributed by atoms with E-state index in [1.807, 2.05) is 18.2 Å². The molecule has 4 nitrogen and oxygen atoms in total. The van der Waals surface area contributed by atoms with Crippen molar-refractivity contribution in [2.75, 3.05) is 46.4 Å². The number of likely N-dealkylation sites (N-methyl/N-ethyl adjacent to an activating group) is 1. The quantitative estimate of drug-likeness (QED) is 0.900. The molecule has 0 spiro atoms. The molecule has 0 saturated carbocycles. The number of halogens is 1. The third kappa shape index (κ3) is 2.93. The second kappa shape index (κ2) is 5.90. The van der Waals surface area contributed by atoms with E-state index < -0.39 is 0 Å². The lowest BCUT2D eigenvalue weighted by Crippen LogP contribution is -2.48. The van der Waals surface area contributed by atoms with Gasteiger partial charge in [-0.1, -0.05) is 11.6 Å². The Kier molecular flexibility index (Phi) is 4.17. The maximum Gasteiger partial charge on any atom is 0.124 e. The Balaban J connectivity index is 1.67. The van der Waals surface area contributed by atoms with Crippen LogP contribution in [0.15, 0.2) is 18.2 Å². The summed E-state index contributed by atoms with van der Waals surface area (Å²) in [6.45, 7) is 6.18. The van der Waals surface area contributed by atoms with Gasteiger partial charge in [-0.2, -0.15) is 0 Å². The van der Waals surface area contributed by atoms with Crippen LogP contribution >= 0.6 is 11.6 Å². The van der Waals surface area contributed by atoms with Crippen LogP contribution in [0.1, 0.15) is 11.6 Å². The maximum absolute atomic E-state index is 6.43. The van der Waals surface area contributed by atoms with E-state index in [4.69, 9.17) is 22.1 Å². The zero-order chi connectivity index (χ0) is 14.1. The maximum atomic E-state index is 6.43. The van der Waals surface area contributed by atoms with Crippen molar-refractivity contribution in [1.29, 1.82) is 0 Å². The topological polar surface area (TPSA) is 41.7 Å². The molecule has 1 aromatic rings. The molecule has 2 heterocycles. The molecular formula is C15H22ClN3O. The zero-order valence-corrected chi connectivity index (χ0v) is 12.6. The Morgan fingerprint density at radius 1 is 1.30 bits per heavy atom. The van der Waals surface area contributed by atoms with Gasteiger partial charge in [0.15, 0.2) is 0 Å². The summed E-state index contributed by atoms with van der Waals surface area (Å²) in [6.07, 6.45) is 0. The van der Waals surface area contributed by atoms with Gasteiger partial charge in [0.2, 0.25) is 0 Å². The minimum Gasteiger partial charge on any atom is -0.493 e. The van der Waals surface area contributed by atoms with E-state index in [-0.39, 0.29) is 6.04 Å². The van der Waals surface area contributed by atoms with Crippen LogP contribution in [0.3, 0.4) is 0 Å². The molecule has 110 valence electrons. The van der Waals surface area contributed by atoms with Gasteiger partial charge in [-0.25, -0.2) is 0 Å². The third-order valence-electron chi connectivity index (χ3n) is 4.38. The second-order valence-electron chi connectivity index (χ2n) is 5.88. The molecule has 2 N–H and O–H groups in total. The van der Waals surface area contributed by atoms with Gasteiger partial charge in [-0.15, -0.1) is 0 Å². The lowest BCUT2D eigenvalue weighted by Gasteiger charge is -2.38. The smallest absolute Gasteiger partial charge is 0.124 e. The highest BCUT2D eigenvalue weighted by Crippen LogP contribution is 2.35. The number of nitrogens with two attached hydrogens (primary N) is 1. The predicted molar refractivity (Wildman–Crippen MR) is 81.3 cm³/mol.